The highest BCUT2D eigenvalue weighted by atomic mass is 32.2. The van der Waals surface area contributed by atoms with E-state index in [1.807, 2.05) is 17.0 Å². The monoisotopic (exact) mass is 371 g/mol. The van der Waals surface area contributed by atoms with E-state index in [0.29, 0.717) is 19.7 Å². The third-order valence-electron chi connectivity index (χ3n) is 4.25. The molecule has 0 fully saturated rings. The minimum Gasteiger partial charge on any atom is -0.361 e. The van der Waals surface area contributed by atoms with Gasteiger partial charge in [-0.05, 0) is 51.3 Å². The Morgan fingerprint density at radius 2 is 2.08 bits per heavy atom. The lowest BCUT2D eigenvalue weighted by molar-refractivity contribution is -0.127. The quantitative estimate of drug-likeness (QED) is 0.478. The van der Waals surface area contributed by atoms with Crippen molar-refractivity contribution in [2.45, 2.75) is 50.5 Å². The zero-order chi connectivity index (χ0) is 18.9. The van der Waals surface area contributed by atoms with E-state index >= 15 is 0 Å². The van der Waals surface area contributed by atoms with Gasteiger partial charge in [-0.15, -0.1) is 0 Å². The summed E-state index contributed by atoms with van der Waals surface area (Å²) in [5.41, 5.74) is 3.77. The number of benzene rings is 1. The molecule has 1 aromatic rings. The van der Waals surface area contributed by atoms with Crippen LogP contribution in [0.15, 0.2) is 65.1 Å². The molecule has 1 amide bonds. The van der Waals surface area contributed by atoms with Crippen molar-refractivity contribution < 1.29 is 9.53 Å². The molecular formula is C22H29NO2S. The van der Waals surface area contributed by atoms with Gasteiger partial charge in [0, 0.05) is 11.4 Å². The van der Waals surface area contributed by atoms with Gasteiger partial charge in [0.2, 0.25) is 5.91 Å². The Morgan fingerprint density at radius 1 is 1.31 bits per heavy atom. The van der Waals surface area contributed by atoms with Crippen LogP contribution < -0.4 is 0 Å². The second-order valence-corrected chi connectivity index (χ2v) is 7.98. The number of amides is 1. The molecule has 1 aliphatic heterocycles. The summed E-state index contributed by atoms with van der Waals surface area (Å²) in [6.07, 6.45) is 7.90. The van der Waals surface area contributed by atoms with Crippen molar-refractivity contribution in [2.75, 3.05) is 13.2 Å². The lowest BCUT2D eigenvalue weighted by atomic mass is 10.1. The first-order valence-electron chi connectivity index (χ1n) is 9.06. The number of ether oxygens (including phenoxy) is 1. The Kier molecular flexibility index (Phi) is 8.20. The summed E-state index contributed by atoms with van der Waals surface area (Å²) < 4.78 is 6.09. The zero-order valence-corrected chi connectivity index (χ0v) is 16.8. The number of rotatable bonds is 7. The van der Waals surface area contributed by atoms with Gasteiger partial charge in [-0.3, -0.25) is 4.79 Å². The fourth-order valence-corrected chi connectivity index (χ4v) is 3.88. The number of hydrogen-bond acceptors (Lipinski definition) is 3. The van der Waals surface area contributed by atoms with E-state index in [-0.39, 0.29) is 11.3 Å². The maximum atomic E-state index is 12.2. The summed E-state index contributed by atoms with van der Waals surface area (Å²) >= 11 is 1.69. The van der Waals surface area contributed by atoms with Gasteiger partial charge in [0.05, 0.1) is 13.2 Å². The molecule has 140 valence electrons. The molecule has 3 nitrogen and oxygen atoms in total. The molecule has 0 aliphatic carbocycles. The van der Waals surface area contributed by atoms with Crippen LogP contribution in [-0.2, 0) is 16.1 Å². The van der Waals surface area contributed by atoms with Gasteiger partial charge in [-0.1, -0.05) is 59.8 Å². The lowest BCUT2D eigenvalue weighted by Crippen LogP contribution is -2.34. The van der Waals surface area contributed by atoms with E-state index in [9.17, 15) is 4.79 Å². The van der Waals surface area contributed by atoms with E-state index in [0.717, 1.165) is 18.4 Å². The van der Waals surface area contributed by atoms with Gasteiger partial charge in [0.25, 0.3) is 0 Å². The van der Waals surface area contributed by atoms with E-state index < -0.39 is 0 Å². The molecule has 1 atom stereocenters. The molecule has 0 radical (unpaired) electrons. The summed E-state index contributed by atoms with van der Waals surface area (Å²) in [6.45, 7) is 11.7. The summed E-state index contributed by atoms with van der Waals surface area (Å²) in [4.78, 5) is 15.1. The van der Waals surface area contributed by atoms with Gasteiger partial charge < -0.3 is 9.64 Å². The molecule has 4 heteroatoms. The summed E-state index contributed by atoms with van der Waals surface area (Å²) in [5.74, 6) is -0.0515. The first-order valence-corrected chi connectivity index (χ1v) is 9.94. The smallest absolute Gasteiger partial charge is 0.246 e. The first-order chi connectivity index (χ1) is 12.5. The first kappa shape index (κ1) is 20.5. The fourth-order valence-electron chi connectivity index (χ4n) is 2.75. The predicted molar refractivity (Wildman–Crippen MR) is 110 cm³/mol. The van der Waals surface area contributed by atoms with Crippen LogP contribution >= 0.6 is 11.8 Å². The molecular weight excluding hydrogens is 342 g/mol. The van der Waals surface area contributed by atoms with Crippen LogP contribution in [-0.4, -0.2) is 29.4 Å². The van der Waals surface area contributed by atoms with E-state index in [2.05, 4.69) is 51.6 Å². The molecule has 26 heavy (non-hydrogen) atoms. The molecule has 0 saturated carbocycles. The summed E-state index contributed by atoms with van der Waals surface area (Å²) in [7, 11) is 0. The molecule has 1 heterocycles. The zero-order valence-electron chi connectivity index (χ0n) is 16.0. The predicted octanol–water partition coefficient (Wildman–Crippen LogP) is 5.34. The van der Waals surface area contributed by atoms with Gasteiger partial charge >= 0.3 is 0 Å². The highest BCUT2D eigenvalue weighted by Gasteiger charge is 2.24. The van der Waals surface area contributed by atoms with Crippen molar-refractivity contribution in [3.8, 4) is 0 Å². The molecule has 2 rings (SSSR count). The van der Waals surface area contributed by atoms with Crippen molar-refractivity contribution >= 4 is 17.7 Å². The van der Waals surface area contributed by atoms with Crippen LogP contribution in [0.1, 0.15) is 39.2 Å². The van der Waals surface area contributed by atoms with Gasteiger partial charge in [0.15, 0.2) is 0 Å². The highest BCUT2D eigenvalue weighted by Crippen LogP contribution is 2.32. The van der Waals surface area contributed by atoms with Crippen LogP contribution in [0.5, 0.6) is 0 Å². The minimum atomic E-state index is -0.0793. The average Bonchev–Trinajstić information content (AvgIpc) is 2.79. The van der Waals surface area contributed by atoms with Crippen molar-refractivity contribution in [1.29, 1.82) is 0 Å². The number of carbonyl (C=O) groups is 1. The Labute approximate surface area is 161 Å². The maximum absolute atomic E-state index is 12.2. The number of fused-ring (bicyclic) bond motifs is 1. The van der Waals surface area contributed by atoms with Crippen molar-refractivity contribution in [3.05, 3.63) is 65.8 Å². The number of hydrogen-bond donors (Lipinski definition) is 0. The van der Waals surface area contributed by atoms with Crippen LogP contribution in [0.2, 0.25) is 0 Å². The Bertz CT molecular complexity index is 689. The summed E-state index contributed by atoms with van der Waals surface area (Å²) in [5, 5.41) is 0. The van der Waals surface area contributed by atoms with Gasteiger partial charge in [-0.25, -0.2) is 0 Å². The highest BCUT2D eigenvalue weighted by molar-refractivity contribution is 7.99. The Balaban J connectivity index is 1.98. The van der Waals surface area contributed by atoms with E-state index in [4.69, 9.17) is 4.74 Å². The van der Waals surface area contributed by atoms with Gasteiger partial charge in [0.1, 0.15) is 5.44 Å². The molecule has 1 unspecified atom stereocenters. The summed E-state index contributed by atoms with van der Waals surface area (Å²) in [6, 6.07) is 8.21. The van der Waals surface area contributed by atoms with Crippen LogP contribution in [0, 0.1) is 0 Å². The van der Waals surface area contributed by atoms with Crippen molar-refractivity contribution in [3.63, 3.8) is 0 Å². The van der Waals surface area contributed by atoms with Crippen LogP contribution in [0.4, 0.5) is 0 Å². The standard InChI is InChI=1S/C22H29NO2S/c1-5-21(24)23-15-19-11-6-7-12-20(19)26-22(16-23)25-14-13-18(4)10-8-9-17(2)3/h5-7,9,11-13,22H,1,8,10,14-16H2,2-4H3. The third kappa shape index (κ3) is 6.50. The molecule has 0 aromatic heterocycles. The van der Waals surface area contributed by atoms with Crippen LogP contribution in [0.25, 0.3) is 0 Å². The number of allylic oxidation sites excluding steroid dienone is 3. The Hall–Kier alpha value is -1.78. The van der Waals surface area contributed by atoms with Gasteiger partial charge in [-0.2, -0.15) is 0 Å². The molecule has 0 saturated heterocycles. The fraction of sp³-hybridized carbons (Fsp3) is 0.409. The third-order valence-corrected chi connectivity index (χ3v) is 5.45. The maximum Gasteiger partial charge on any atom is 0.246 e. The SMILES string of the molecule is C=CC(=O)N1Cc2ccccc2SC(OCC=C(C)CCC=C(C)C)C1. The molecule has 0 spiro atoms. The lowest BCUT2D eigenvalue weighted by Gasteiger charge is -2.22. The molecule has 0 bridgehead atoms. The van der Waals surface area contributed by atoms with Crippen molar-refractivity contribution in [1.82, 2.24) is 4.90 Å². The number of thioether (sulfide) groups is 1. The average molecular weight is 372 g/mol. The second-order valence-electron chi connectivity index (χ2n) is 6.78. The second kappa shape index (κ2) is 10.4. The molecule has 0 N–H and O–H groups in total. The van der Waals surface area contributed by atoms with E-state index in [1.54, 1.807) is 11.8 Å². The number of nitrogens with zero attached hydrogens (tertiary/aromatic N) is 1. The minimum absolute atomic E-state index is 0.0515. The van der Waals surface area contributed by atoms with E-state index in [1.165, 1.54) is 22.1 Å². The molecule has 1 aromatic carbocycles. The number of carbonyl (C=O) groups excluding carboxylic acids is 1. The Morgan fingerprint density at radius 3 is 2.81 bits per heavy atom. The largest absolute Gasteiger partial charge is 0.361 e. The topological polar surface area (TPSA) is 29.5 Å². The molecule has 1 aliphatic rings. The van der Waals surface area contributed by atoms with Crippen molar-refractivity contribution in [2.24, 2.45) is 0 Å². The van der Waals surface area contributed by atoms with Crippen LogP contribution in [0.3, 0.4) is 0 Å². The normalized spacial score (nSPS) is 17.3.